The molecule has 21 heavy (non-hydrogen) atoms. The Kier molecular flexibility index (Phi) is 3.81. The molecule has 0 radical (unpaired) electrons. The molecule has 114 valence electrons. The van der Waals surface area contributed by atoms with Gasteiger partial charge >= 0.3 is 0 Å². The van der Waals surface area contributed by atoms with Gasteiger partial charge in [0, 0.05) is 25.8 Å². The number of piperidine rings is 1. The summed E-state index contributed by atoms with van der Waals surface area (Å²) in [7, 11) is -3.09. The second kappa shape index (κ2) is 5.61. The Hall–Kier alpha value is -1.67. The molecule has 7 nitrogen and oxygen atoms in total. The minimum absolute atomic E-state index is 0.303. The lowest BCUT2D eigenvalue weighted by molar-refractivity contribution is 0.276. The van der Waals surface area contributed by atoms with Crippen LogP contribution in [0.1, 0.15) is 12.8 Å². The van der Waals surface area contributed by atoms with Crippen molar-refractivity contribution in [1.29, 1.82) is 0 Å². The number of nitrogens with zero attached hydrogens (tertiary/aromatic N) is 3. The number of H-pyrrole nitrogens is 1. The van der Waals surface area contributed by atoms with Gasteiger partial charge in [0.2, 0.25) is 10.0 Å². The Morgan fingerprint density at radius 1 is 1.48 bits per heavy atom. The first-order valence-electron chi connectivity index (χ1n) is 7.01. The number of fused-ring (bicyclic) bond motifs is 1. The highest BCUT2D eigenvalue weighted by Crippen LogP contribution is 2.21. The topological polar surface area (TPSA) is 91.0 Å². The van der Waals surface area contributed by atoms with Gasteiger partial charge in [-0.25, -0.2) is 22.7 Å². The van der Waals surface area contributed by atoms with Crippen LogP contribution in [0, 0.1) is 5.92 Å². The minimum Gasteiger partial charge on any atom is -0.369 e. The summed E-state index contributed by atoms with van der Waals surface area (Å²) < 4.78 is 24.8. The van der Waals surface area contributed by atoms with Gasteiger partial charge in [0.15, 0.2) is 0 Å². The molecule has 2 aromatic heterocycles. The van der Waals surface area contributed by atoms with E-state index in [4.69, 9.17) is 0 Å². The van der Waals surface area contributed by atoms with E-state index in [1.54, 1.807) is 4.31 Å². The predicted molar refractivity (Wildman–Crippen MR) is 81.5 cm³/mol. The maximum Gasteiger partial charge on any atom is 0.211 e. The van der Waals surface area contributed by atoms with Gasteiger partial charge in [-0.05, 0) is 24.8 Å². The summed E-state index contributed by atoms with van der Waals surface area (Å²) in [5.41, 5.74) is 0.800. The van der Waals surface area contributed by atoms with Crippen LogP contribution in [0.5, 0.6) is 0 Å². The highest BCUT2D eigenvalue weighted by molar-refractivity contribution is 7.88. The number of nitrogens with one attached hydrogen (secondary N) is 2. The maximum atomic E-state index is 11.6. The maximum absolute atomic E-state index is 11.6. The van der Waals surface area contributed by atoms with Crippen LogP contribution in [-0.2, 0) is 10.0 Å². The first-order valence-corrected chi connectivity index (χ1v) is 8.86. The first kappa shape index (κ1) is 14.3. The van der Waals surface area contributed by atoms with Crippen molar-refractivity contribution in [3.63, 3.8) is 0 Å². The van der Waals surface area contributed by atoms with Crippen LogP contribution in [-0.4, -0.2) is 53.6 Å². The lowest BCUT2D eigenvalue weighted by atomic mass is 10.00. The molecular weight excluding hydrogens is 290 g/mol. The minimum atomic E-state index is -3.09. The van der Waals surface area contributed by atoms with Crippen LogP contribution >= 0.6 is 0 Å². The molecule has 0 aliphatic carbocycles. The summed E-state index contributed by atoms with van der Waals surface area (Å²) in [5.74, 6) is 1.09. The van der Waals surface area contributed by atoms with E-state index in [0.29, 0.717) is 25.6 Å². The van der Waals surface area contributed by atoms with E-state index in [1.165, 1.54) is 12.6 Å². The van der Waals surface area contributed by atoms with Gasteiger partial charge in [-0.3, -0.25) is 0 Å². The summed E-state index contributed by atoms with van der Waals surface area (Å²) in [4.78, 5) is 11.5. The average Bonchev–Trinajstić information content (AvgIpc) is 2.93. The second-order valence-electron chi connectivity index (χ2n) is 5.47. The highest BCUT2D eigenvalue weighted by atomic mass is 32.2. The van der Waals surface area contributed by atoms with Gasteiger partial charge in [0.1, 0.15) is 17.8 Å². The smallest absolute Gasteiger partial charge is 0.211 e. The first-order chi connectivity index (χ1) is 10.0. The van der Waals surface area contributed by atoms with Gasteiger partial charge in [0.05, 0.1) is 11.6 Å². The Labute approximate surface area is 123 Å². The Morgan fingerprint density at radius 2 is 2.33 bits per heavy atom. The van der Waals surface area contributed by atoms with Crippen LogP contribution < -0.4 is 5.32 Å². The van der Waals surface area contributed by atoms with Crippen LogP contribution in [0.25, 0.3) is 11.0 Å². The molecular formula is C13H19N5O2S. The molecule has 1 saturated heterocycles. The molecule has 1 aliphatic rings. The third-order valence-electron chi connectivity index (χ3n) is 3.86. The molecule has 0 bridgehead atoms. The highest BCUT2D eigenvalue weighted by Gasteiger charge is 2.25. The molecule has 1 atom stereocenters. The Morgan fingerprint density at radius 3 is 3.14 bits per heavy atom. The van der Waals surface area contributed by atoms with E-state index in [0.717, 1.165) is 29.7 Å². The van der Waals surface area contributed by atoms with Crippen LogP contribution in [0.3, 0.4) is 0 Å². The molecule has 1 aliphatic heterocycles. The molecule has 1 fully saturated rings. The molecule has 0 aromatic carbocycles. The standard InChI is InChI=1S/C13H19N5O2S/c1-21(19,20)18-6-2-3-10(8-18)7-15-13-11-4-5-14-12(11)16-9-17-13/h4-5,9-10H,2-3,6-8H2,1H3,(H2,14,15,16,17)/t10-/m1/s1. The number of aromatic amines is 1. The Balaban J connectivity index is 1.66. The van der Waals surface area contributed by atoms with Crippen molar-refractivity contribution in [2.45, 2.75) is 12.8 Å². The molecule has 3 rings (SSSR count). The van der Waals surface area contributed by atoms with Crippen molar-refractivity contribution in [3.8, 4) is 0 Å². The van der Waals surface area contributed by atoms with E-state index in [1.807, 2.05) is 12.3 Å². The van der Waals surface area contributed by atoms with Gasteiger partial charge in [-0.1, -0.05) is 0 Å². The van der Waals surface area contributed by atoms with Gasteiger partial charge in [-0.2, -0.15) is 0 Å². The molecule has 0 saturated carbocycles. The van der Waals surface area contributed by atoms with Crippen LogP contribution in [0.15, 0.2) is 18.6 Å². The number of aromatic nitrogens is 3. The quantitative estimate of drug-likeness (QED) is 0.880. The fourth-order valence-corrected chi connectivity index (χ4v) is 3.69. The van der Waals surface area contributed by atoms with Crippen molar-refractivity contribution >= 4 is 26.9 Å². The molecule has 8 heteroatoms. The normalized spacial score (nSPS) is 20.7. The molecule has 3 heterocycles. The monoisotopic (exact) mass is 309 g/mol. The largest absolute Gasteiger partial charge is 0.369 e. The van der Waals surface area contributed by atoms with Crippen molar-refractivity contribution in [1.82, 2.24) is 19.3 Å². The fourth-order valence-electron chi connectivity index (χ4n) is 2.75. The van der Waals surface area contributed by atoms with Crippen molar-refractivity contribution < 1.29 is 8.42 Å². The summed E-state index contributed by atoms with van der Waals surface area (Å²) in [6.45, 7) is 1.92. The number of hydrogen-bond acceptors (Lipinski definition) is 5. The summed E-state index contributed by atoms with van der Waals surface area (Å²) in [6.07, 6.45) is 6.56. The fraction of sp³-hybridized carbons (Fsp3) is 0.538. The Bertz CT molecular complexity index is 727. The van der Waals surface area contributed by atoms with E-state index in [9.17, 15) is 8.42 Å². The number of rotatable bonds is 4. The lowest BCUT2D eigenvalue weighted by Gasteiger charge is -2.31. The zero-order valence-electron chi connectivity index (χ0n) is 11.9. The summed E-state index contributed by atoms with van der Waals surface area (Å²) in [5, 5.41) is 4.27. The summed E-state index contributed by atoms with van der Waals surface area (Å²) in [6, 6.07) is 1.93. The van der Waals surface area contributed by atoms with Crippen molar-refractivity contribution in [2.24, 2.45) is 5.92 Å². The third-order valence-corrected chi connectivity index (χ3v) is 5.13. The molecule has 0 spiro atoms. The average molecular weight is 309 g/mol. The SMILES string of the molecule is CS(=O)(=O)N1CCC[C@H](CNc2ncnc3[nH]ccc23)C1. The van der Waals surface area contributed by atoms with Crippen LogP contribution in [0.2, 0.25) is 0 Å². The zero-order valence-corrected chi connectivity index (χ0v) is 12.7. The van der Waals surface area contributed by atoms with Gasteiger partial charge < -0.3 is 10.3 Å². The van der Waals surface area contributed by atoms with E-state index in [2.05, 4.69) is 20.3 Å². The third kappa shape index (κ3) is 3.16. The molecule has 2 aromatic rings. The van der Waals surface area contributed by atoms with Crippen molar-refractivity contribution in [3.05, 3.63) is 18.6 Å². The molecule has 2 N–H and O–H groups in total. The number of hydrogen-bond donors (Lipinski definition) is 2. The number of sulfonamides is 1. The van der Waals surface area contributed by atoms with Gasteiger partial charge in [0.25, 0.3) is 0 Å². The van der Waals surface area contributed by atoms with E-state index in [-0.39, 0.29) is 0 Å². The van der Waals surface area contributed by atoms with Gasteiger partial charge in [-0.15, -0.1) is 0 Å². The molecule has 0 unspecified atom stereocenters. The lowest BCUT2D eigenvalue weighted by Crippen LogP contribution is -2.41. The number of anilines is 1. The molecule has 0 amide bonds. The zero-order chi connectivity index (χ0) is 14.9. The second-order valence-corrected chi connectivity index (χ2v) is 7.45. The summed E-state index contributed by atoms with van der Waals surface area (Å²) >= 11 is 0. The van der Waals surface area contributed by atoms with Crippen molar-refractivity contribution in [2.75, 3.05) is 31.2 Å². The van der Waals surface area contributed by atoms with E-state index < -0.39 is 10.0 Å². The van der Waals surface area contributed by atoms with Crippen LogP contribution in [0.4, 0.5) is 5.82 Å². The van der Waals surface area contributed by atoms with E-state index >= 15 is 0 Å². The predicted octanol–water partition coefficient (Wildman–Crippen LogP) is 1.04.